The highest BCUT2D eigenvalue weighted by molar-refractivity contribution is 5.98. The first-order valence-corrected chi connectivity index (χ1v) is 8.22. The number of non-ortho nitro benzene ring substituents is 1. The summed E-state index contributed by atoms with van der Waals surface area (Å²) < 4.78 is 0. The quantitative estimate of drug-likeness (QED) is 0.458. The van der Waals surface area contributed by atoms with Crippen molar-refractivity contribution < 1.29 is 14.5 Å². The summed E-state index contributed by atoms with van der Waals surface area (Å²) in [5, 5.41) is 10.9. The molecule has 0 fully saturated rings. The predicted octanol–water partition coefficient (Wildman–Crippen LogP) is 3.54. The standard InChI is InChI=1S/C19H18N2O4/c22-18(15-5-2-1-3-6-15)7-4-8-19(23)20-12-11-14-9-10-16(21(24)25)13-17(14)20/h1-3,5-6,9-10,13H,4,7-8,11-12H2. The van der Waals surface area contributed by atoms with Crippen LogP contribution in [0.1, 0.15) is 35.2 Å². The average Bonchev–Trinajstić information content (AvgIpc) is 3.05. The SMILES string of the molecule is O=C(CCCC(=O)N1CCc2ccc([N+](=O)[O-])cc21)c1ccccc1. The highest BCUT2D eigenvalue weighted by Crippen LogP contribution is 2.32. The van der Waals surface area contributed by atoms with Crippen LogP contribution in [0.25, 0.3) is 0 Å². The lowest BCUT2D eigenvalue weighted by atomic mass is 10.1. The maximum atomic E-state index is 12.5. The number of nitrogens with zero attached hydrogens (tertiary/aromatic N) is 2. The molecule has 1 aliphatic rings. The number of hydrogen-bond acceptors (Lipinski definition) is 4. The van der Waals surface area contributed by atoms with Crippen LogP contribution in [0.5, 0.6) is 0 Å². The number of Topliss-reactive ketones (excluding diaryl/α,β-unsaturated/α-hetero) is 1. The zero-order valence-corrected chi connectivity index (χ0v) is 13.7. The first-order chi connectivity index (χ1) is 12.1. The van der Waals surface area contributed by atoms with E-state index in [-0.39, 0.29) is 23.8 Å². The topological polar surface area (TPSA) is 80.5 Å². The minimum atomic E-state index is -0.459. The van der Waals surface area contributed by atoms with Crippen molar-refractivity contribution >= 4 is 23.1 Å². The Hall–Kier alpha value is -3.02. The van der Waals surface area contributed by atoms with Gasteiger partial charge in [-0.3, -0.25) is 19.7 Å². The number of anilines is 1. The van der Waals surface area contributed by atoms with Gasteiger partial charge in [0.25, 0.3) is 5.69 Å². The molecule has 0 unspecified atom stereocenters. The highest BCUT2D eigenvalue weighted by atomic mass is 16.6. The number of hydrogen-bond donors (Lipinski definition) is 0. The van der Waals surface area contributed by atoms with Crippen LogP contribution < -0.4 is 4.90 Å². The third-order valence-electron chi connectivity index (χ3n) is 4.37. The average molecular weight is 338 g/mol. The van der Waals surface area contributed by atoms with E-state index >= 15 is 0 Å². The summed E-state index contributed by atoms with van der Waals surface area (Å²) in [5.74, 6) is -0.0778. The first kappa shape index (κ1) is 16.8. The Morgan fingerprint density at radius 2 is 1.84 bits per heavy atom. The van der Waals surface area contributed by atoms with E-state index < -0.39 is 4.92 Å². The molecule has 0 atom stereocenters. The molecule has 25 heavy (non-hydrogen) atoms. The molecule has 128 valence electrons. The van der Waals surface area contributed by atoms with E-state index in [1.54, 1.807) is 23.1 Å². The van der Waals surface area contributed by atoms with Crippen LogP contribution >= 0.6 is 0 Å². The van der Waals surface area contributed by atoms with Crippen molar-refractivity contribution in [2.24, 2.45) is 0 Å². The Kier molecular flexibility index (Phi) is 4.88. The summed E-state index contributed by atoms with van der Waals surface area (Å²) in [6, 6.07) is 13.6. The maximum Gasteiger partial charge on any atom is 0.271 e. The van der Waals surface area contributed by atoms with Crippen molar-refractivity contribution in [2.45, 2.75) is 25.7 Å². The highest BCUT2D eigenvalue weighted by Gasteiger charge is 2.26. The summed E-state index contributed by atoms with van der Waals surface area (Å²) in [6.45, 7) is 0.530. The van der Waals surface area contributed by atoms with Gasteiger partial charge in [0.2, 0.25) is 5.91 Å². The van der Waals surface area contributed by atoms with Gasteiger partial charge in [0.05, 0.1) is 10.6 Å². The molecule has 1 heterocycles. The summed E-state index contributed by atoms with van der Waals surface area (Å²) in [4.78, 5) is 36.6. The van der Waals surface area contributed by atoms with E-state index in [4.69, 9.17) is 0 Å². The monoisotopic (exact) mass is 338 g/mol. The van der Waals surface area contributed by atoms with E-state index in [2.05, 4.69) is 0 Å². The molecule has 1 aliphatic heterocycles. The molecule has 1 amide bonds. The minimum absolute atomic E-state index is 0.0160. The molecular weight excluding hydrogens is 320 g/mol. The van der Waals surface area contributed by atoms with Gasteiger partial charge < -0.3 is 4.90 Å². The molecule has 0 N–H and O–H groups in total. The molecule has 6 nitrogen and oxygen atoms in total. The van der Waals surface area contributed by atoms with Crippen LogP contribution in [0.2, 0.25) is 0 Å². The van der Waals surface area contributed by atoms with Crippen molar-refractivity contribution in [3.05, 3.63) is 69.8 Å². The van der Waals surface area contributed by atoms with Gasteiger partial charge in [-0.1, -0.05) is 36.4 Å². The predicted molar refractivity (Wildman–Crippen MR) is 93.8 cm³/mol. The maximum absolute atomic E-state index is 12.5. The second-order valence-electron chi connectivity index (χ2n) is 6.01. The molecule has 0 saturated carbocycles. The summed E-state index contributed by atoms with van der Waals surface area (Å²) in [6.07, 6.45) is 1.72. The summed E-state index contributed by atoms with van der Waals surface area (Å²) in [5.41, 5.74) is 2.20. The molecule has 0 spiro atoms. The van der Waals surface area contributed by atoms with Crippen LogP contribution in [-0.2, 0) is 11.2 Å². The van der Waals surface area contributed by atoms with Gasteiger partial charge in [0, 0.05) is 37.1 Å². The van der Waals surface area contributed by atoms with E-state index in [1.807, 2.05) is 18.2 Å². The smallest absolute Gasteiger partial charge is 0.271 e. The van der Waals surface area contributed by atoms with Crippen molar-refractivity contribution in [1.82, 2.24) is 0 Å². The molecule has 0 aliphatic carbocycles. The lowest BCUT2D eigenvalue weighted by molar-refractivity contribution is -0.384. The second-order valence-corrected chi connectivity index (χ2v) is 6.01. The zero-order chi connectivity index (χ0) is 17.8. The van der Waals surface area contributed by atoms with Gasteiger partial charge in [-0.15, -0.1) is 0 Å². The molecule has 0 radical (unpaired) electrons. The molecule has 3 rings (SSSR count). The van der Waals surface area contributed by atoms with Crippen LogP contribution in [-0.4, -0.2) is 23.2 Å². The number of fused-ring (bicyclic) bond motifs is 1. The molecule has 0 bridgehead atoms. The molecule has 2 aromatic carbocycles. The molecular formula is C19H18N2O4. The van der Waals surface area contributed by atoms with Crippen molar-refractivity contribution in [1.29, 1.82) is 0 Å². The Morgan fingerprint density at radius 3 is 2.56 bits per heavy atom. The Morgan fingerprint density at radius 1 is 1.08 bits per heavy atom. The molecule has 0 saturated heterocycles. The Balaban J connectivity index is 1.59. The van der Waals surface area contributed by atoms with Gasteiger partial charge in [0.15, 0.2) is 5.78 Å². The third-order valence-corrected chi connectivity index (χ3v) is 4.37. The number of nitro groups is 1. The summed E-state index contributed by atoms with van der Waals surface area (Å²) >= 11 is 0. The van der Waals surface area contributed by atoms with Crippen molar-refractivity contribution in [3.63, 3.8) is 0 Å². The van der Waals surface area contributed by atoms with Crippen LogP contribution in [0.15, 0.2) is 48.5 Å². The fourth-order valence-electron chi connectivity index (χ4n) is 3.04. The minimum Gasteiger partial charge on any atom is -0.312 e. The number of ketones is 1. The van der Waals surface area contributed by atoms with Crippen LogP contribution in [0.4, 0.5) is 11.4 Å². The fourth-order valence-corrected chi connectivity index (χ4v) is 3.04. The van der Waals surface area contributed by atoms with Gasteiger partial charge in [-0.2, -0.15) is 0 Å². The van der Waals surface area contributed by atoms with Crippen LogP contribution in [0.3, 0.4) is 0 Å². The van der Waals surface area contributed by atoms with Crippen molar-refractivity contribution in [2.75, 3.05) is 11.4 Å². The second kappa shape index (κ2) is 7.25. The number of amides is 1. The van der Waals surface area contributed by atoms with Gasteiger partial charge >= 0.3 is 0 Å². The number of carbonyl (C=O) groups excluding carboxylic acids is 2. The molecule has 6 heteroatoms. The van der Waals surface area contributed by atoms with Crippen LogP contribution in [0, 0.1) is 10.1 Å². The number of benzene rings is 2. The first-order valence-electron chi connectivity index (χ1n) is 8.22. The van der Waals surface area contributed by atoms with Crippen molar-refractivity contribution in [3.8, 4) is 0 Å². The van der Waals surface area contributed by atoms with Gasteiger partial charge in [-0.05, 0) is 18.4 Å². The Bertz CT molecular complexity index is 817. The normalized spacial score (nSPS) is 12.7. The fraction of sp³-hybridized carbons (Fsp3) is 0.263. The third kappa shape index (κ3) is 3.74. The van der Waals surface area contributed by atoms with E-state index in [9.17, 15) is 19.7 Å². The summed E-state index contributed by atoms with van der Waals surface area (Å²) in [7, 11) is 0. The lowest BCUT2D eigenvalue weighted by Gasteiger charge is -2.17. The Labute approximate surface area is 145 Å². The largest absolute Gasteiger partial charge is 0.312 e. The number of carbonyl (C=O) groups is 2. The van der Waals surface area contributed by atoms with E-state index in [0.717, 1.165) is 5.56 Å². The zero-order valence-electron chi connectivity index (χ0n) is 13.7. The number of nitro benzene ring substituents is 1. The lowest BCUT2D eigenvalue weighted by Crippen LogP contribution is -2.28. The van der Waals surface area contributed by atoms with Gasteiger partial charge in [-0.25, -0.2) is 0 Å². The van der Waals surface area contributed by atoms with E-state index in [1.165, 1.54) is 12.1 Å². The number of rotatable bonds is 6. The van der Waals surface area contributed by atoms with Gasteiger partial charge in [0.1, 0.15) is 0 Å². The molecule has 2 aromatic rings. The van der Waals surface area contributed by atoms with E-state index in [0.29, 0.717) is 37.1 Å². The molecule has 0 aromatic heterocycles.